The van der Waals surface area contributed by atoms with E-state index in [1.807, 2.05) is 11.0 Å². The van der Waals surface area contributed by atoms with Crippen molar-refractivity contribution in [1.82, 2.24) is 4.90 Å². The minimum absolute atomic E-state index is 0.112. The van der Waals surface area contributed by atoms with Crippen molar-refractivity contribution in [2.75, 3.05) is 19.6 Å². The number of nitrogens with two attached hydrogens (primary N) is 1. The molecule has 1 aromatic carbocycles. The molecule has 0 bridgehead atoms. The number of benzene rings is 1. The minimum Gasteiger partial charge on any atom is -0.339 e. The number of hydrogen-bond acceptors (Lipinski definition) is 2. The van der Waals surface area contributed by atoms with Crippen LogP contribution in [0.5, 0.6) is 0 Å². The lowest BCUT2D eigenvalue weighted by Gasteiger charge is -2.42. The molecular weight excluding hydrogens is 260 g/mol. The Labute approximate surface area is 126 Å². The van der Waals surface area contributed by atoms with Crippen molar-refractivity contribution in [2.24, 2.45) is 11.1 Å². The van der Waals surface area contributed by atoms with Gasteiger partial charge in [-0.25, -0.2) is 0 Å². The van der Waals surface area contributed by atoms with Crippen molar-refractivity contribution in [3.05, 3.63) is 42.0 Å². The second-order valence-electron chi connectivity index (χ2n) is 6.42. The standard InChI is InChI=1S/C18H24N2O/c19-14-18(9-4-10-18)13-17(21)20-11-7-16(8-12-20)15-5-2-1-3-6-15/h1-3,5-7H,4,8-14,19H2. The van der Waals surface area contributed by atoms with Crippen LogP contribution in [0, 0.1) is 5.41 Å². The van der Waals surface area contributed by atoms with E-state index in [1.165, 1.54) is 17.6 Å². The summed E-state index contributed by atoms with van der Waals surface area (Å²) in [7, 11) is 0. The molecular formula is C18H24N2O. The number of carbonyl (C=O) groups excluding carboxylic acids is 1. The summed E-state index contributed by atoms with van der Waals surface area (Å²) in [4.78, 5) is 14.4. The minimum atomic E-state index is 0.112. The Balaban J connectivity index is 1.60. The fourth-order valence-corrected chi connectivity index (χ4v) is 3.37. The van der Waals surface area contributed by atoms with Gasteiger partial charge in [-0.05, 0) is 42.4 Å². The number of nitrogens with zero attached hydrogens (tertiary/aromatic N) is 1. The third kappa shape index (κ3) is 3.03. The first-order valence-electron chi connectivity index (χ1n) is 7.95. The number of hydrogen-bond donors (Lipinski definition) is 1. The fourth-order valence-electron chi connectivity index (χ4n) is 3.37. The first kappa shape index (κ1) is 14.3. The summed E-state index contributed by atoms with van der Waals surface area (Å²) >= 11 is 0. The van der Waals surface area contributed by atoms with Gasteiger partial charge in [0.05, 0.1) is 0 Å². The molecule has 3 rings (SSSR count). The molecule has 1 aromatic rings. The molecule has 1 fully saturated rings. The molecule has 1 saturated carbocycles. The van der Waals surface area contributed by atoms with Gasteiger partial charge in [0.25, 0.3) is 0 Å². The smallest absolute Gasteiger partial charge is 0.223 e. The molecule has 0 unspecified atom stereocenters. The Kier molecular flexibility index (Phi) is 4.11. The van der Waals surface area contributed by atoms with Crippen LogP contribution in [0.2, 0.25) is 0 Å². The maximum absolute atomic E-state index is 12.4. The molecule has 3 heteroatoms. The van der Waals surface area contributed by atoms with Crippen LogP contribution in [0.4, 0.5) is 0 Å². The Hall–Kier alpha value is -1.61. The van der Waals surface area contributed by atoms with Gasteiger partial charge in [-0.2, -0.15) is 0 Å². The monoisotopic (exact) mass is 284 g/mol. The van der Waals surface area contributed by atoms with Crippen molar-refractivity contribution < 1.29 is 4.79 Å². The van der Waals surface area contributed by atoms with E-state index in [-0.39, 0.29) is 11.3 Å². The van der Waals surface area contributed by atoms with Crippen LogP contribution in [0.3, 0.4) is 0 Å². The van der Waals surface area contributed by atoms with E-state index < -0.39 is 0 Å². The zero-order valence-corrected chi connectivity index (χ0v) is 12.6. The second-order valence-corrected chi connectivity index (χ2v) is 6.42. The predicted molar refractivity (Wildman–Crippen MR) is 85.6 cm³/mol. The van der Waals surface area contributed by atoms with Gasteiger partial charge in [0.1, 0.15) is 0 Å². The second kappa shape index (κ2) is 6.02. The molecule has 0 aromatic heterocycles. The van der Waals surface area contributed by atoms with Gasteiger partial charge in [-0.15, -0.1) is 0 Å². The Morgan fingerprint density at radius 3 is 2.52 bits per heavy atom. The van der Waals surface area contributed by atoms with E-state index in [1.54, 1.807) is 0 Å². The molecule has 21 heavy (non-hydrogen) atoms. The summed E-state index contributed by atoms with van der Waals surface area (Å²) in [6, 6.07) is 10.4. The van der Waals surface area contributed by atoms with Crippen LogP contribution in [-0.2, 0) is 4.79 Å². The van der Waals surface area contributed by atoms with Crippen molar-refractivity contribution in [2.45, 2.75) is 32.1 Å². The molecule has 0 atom stereocenters. The van der Waals surface area contributed by atoms with Gasteiger partial charge >= 0.3 is 0 Å². The molecule has 0 spiro atoms. The molecule has 2 N–H and O–H groups in total. The lowest BCUT2D eigenvalue weighted by Crippen LogP contribution is -2.44. The van der Waals surface area contributed by atoms with Crippen LogP contribution in [0.25, 0.3) is 5.57 Å². The van der Waals surface area contributed by atoms with Crippen molar-refractivity contribution in [1.29, 1.82) is 0 Å². The normalized spacial score (nSPS) is 20.6. The zero-order valence-electron chi connectivity index (χ0n) is 12.6. The molecule has 2 aliphatic rings. The van der Waals surface area contributed by atoms with Crippen molar-refractivity contribution in [3.63, 3.8) is 0 Å². The molecule has 1 aliphatic heterocycles. The first-order chi connectivity index (χ1) is 10.2. The fraction of sp³-hybridized carbons (Fsp3) is 0.500. The SMILES string of the molecule is NCC1(CC(=O)N2CC=C(c3ccccc3)CC2)CCC1. The lowest BCUT2D eigenvalue weighted by molar-refractivity contribution is -0.134. The predicted octanol–water partition coefficient (Wildman–Crippen LogP) is 2.82. The van der Waals surface area contributed by atoms with E-state index in [9.17, 15) is 4.79 Å². The summed E-state index contributed by atoms with van der Waals surface area (Å²) in [5.74, 6) is 0.281. The number of amides is 1. The highest BCUT2D eigenvalue weighted by molar-refractivity contribution is 5.79. The molecule has 1 aliphatic carbocycles. The average Bonchev–Trinajstić information content (AvgIpc) is 2.52. The average molecular weight is 284 g/mol. The van der Waals surface area contributed by atoms with Crippen LogP contribution in [0.15, 0.2) is 36.4 Å². The highest BCUT2D eigenvalue weighted by Crippen LogP contribution is 2.43. The largest absolute Gasteiger partial charge is 0.339 e. The molecule has 1 heterocycles. The van der Waals surface area contributed by atoms with Gasteiger partial charge in [-0.1, -0.05) is 42.8 Å². The molecule has 3 nitrogen and oxygen atoms in total. The Morgan fingerprint density at radius 1 is 1.24 bits per heavy atom. The van der Waals surface area contributed by atoms with Gasteiger partial charge in [0.15, 0.2) is 0 Å². The molecule has 0 radical (unpaired) electrons. The summed E-state index contributed by atoms with van der Waals surface area (Å²) in [5.41, 5.74) is 8.61. The van der Waals surface area contributed by atoms with Gasteiger partial charge in [0, 0.05) is 19.5 Å². The zero-order chi connectivity index (χ0) is 14.7. The third-order valence-electron chi connectivity index (χ3n) is 5.08. The first-order valence-corrected chi connectivity index (χ1v) is 7.95. The van der Waals surface area contributed by atoms with Crippen molar-refractivity contribution >= 4 is 11.5 Å². The van der Waals surface area contributed by atoms with E-state index in [4.69, 9.17) is 5.73 Å². The van der Waals surface area contributed by atoms with Crippen molar-refractivity contribution in [3.8, 4) is 0 Å². The summed E-state index contributed by atoms with van der Waals surface area (Å²) in [6.07, 6.45) is 7.25. The van der Waals surface area contributed by atoms with Crippen LogP contribution >= 0.6 is 0 Å². The summed E-state index contributed by atoms with van der Waals surface area (Å²) in [5, 5.41) is 0. The van der Waals surface area contributed by atoms with Gasteiger partial charge < -0.3 is 10.6 Å². The maximum atomic E-state index is 12.4. The maximum Gasteiger partial charge on any atom is 0.223 e. The van der Waals surface area contributed by atoms with Crippen LogP contribution in [0.1, 0.15) is 37.7 Å². The highest BCUT2D eigenvalue weighted by Gasteiger charge is 2.38. The number of carbonyl (C=O) groups is 1. The molecule has 112 valence electrons. The Morgan fingerprint density at radius 2 is 2.00 bits per heavy atom. The van der Waals surface area contributed by atoms with Crippen LogP contribution < -0.4 is 5.73 Å². The van der Waals surface area contributed by atoms with Gasteiger partial charge in [-0.3, -0.25) is 4.79 Å². The van der Waals surface area contributed by atoms with E-state index in [2.05, 4.69) is 30.3 Å². The summed E-state index contributed by atoms with van der Waals surface area (Å²) in [6.45, 7) is 2.22. The number of rotatable bonds is 4. The molecule has 0 saturated heterocycles. The Bertz CT molecular complexity index is 526. The highest BCUT2D eigenvalue weighted by atomic mass is 16.2. The van der Waals surface area contributed by atoms with Gasteiger partial charge in [0.2, 0.25) is 5.91 Å². The van der Waals surface area contributed by atoms with E-state index >= 15 is 0 Å². The summed E-state index contributed by atoms with van der Waals surface area (Å²) < 4.78 is 0. The van der Waals surface area contributed by atoms with Crippen LogP contribution in [-0.4, -0.2) is 30.4 Å². The lowest BCUT2D eigenvalue weighted by atomic mass is 9.66. The third-order valence-corrected chi connectivity index (χ3v) is 5.08. The van der Waals surface area contributed by atoms with E-state index in [0.29, 0.717) is 13.0 Å². The molecule has 1 amide bonds. The quantitative estimate of drug-likeness (QED) is 0.924. The topological polar surface area (TPSA) is 46.3 Å². The van der Waals surface area contributed by atoms with E-state index in [0.717, 1.165) is 32.4 Å².